The van der Waals surface area contributed by atoms with Gasteiger partial charge in [-0.2, -0.15) is 0 Å². The van der Waals surface area contributed by atoms with Crippen molar-refractivity contribution in [2.75, 3.05) is 58.4 Å². The number of piperazine rings is 1. The van der Waals surface area contributed by atoms with Gasteiger partial charge in [0, 0.05) is 44.8 Å². The molecule has 0 saturated carbocycles. The van der Waals surface area contributed by atoms with Crippen LogP contribution in [0.5, 0.6) is 11.5 Å². The molecule has 2 heterocycles. The van der Waals surface area contributed by atoms with Crippen LogP contribution in [0.15, 0.2) is 36.4 Å². The van der Waals surface area contributed by atoms with E-state index >= 15 is 0 Å². The van der Waals surface area contributed by atoms with Crippen LogP contribution in [0.25, 0.3) is 10.2 Å². The fourth-order valence-electron chi connectivity index (χ4n) is 4.12. The number of nitrogens with zero attached hydrogens (tertiary/aromatic N) is 3. The Morgan fingerprint density at radius 3 is 2.26 bits per heavy atom. The van der Waals surface area contributed by atoms with E-state index in [0.29, 0.717) is 12.1 Å². The molecule has 1 N–H and O–H groups in total. The maximum atomic E-state index is 12.5. The average molecular weight is 483 g/mol. The van der Waals surface area contributed by atoms with E-state index in [2.05, 4.69) is 35.9 Å². The molecule has 0 unspecified atom stereocenters. The second-order valence-electron chi connectivity index (χ2n) is 9.56. The van der Waals surface area contributed by atoms with E-state index in [0.717, 1.165) is 59.6 Å². The summed E-state index contributed by atoms with van der Waals surface area (Å²) in [6, 6.07) is 11.7. The van der Waals surface area contributed by atoms with Crippen molar-refractivity contribution in [2.24, 2.45) is 0 Å². The summed E-state index contributed by atoms with van der Waals surface area (Å²) >= 11 is 1.64. The molecule has 8 heteroatoms. The van der Waals surface area contributed by atoms with Crippen LogP contribution < -0.4 is 19.7 Å². The van der Waals surface area contributed by atoms with Crippen LogP contribution in [-0.4, -0.2) is 69.3 Å². The molecule has 34 heavy (non-hydrogen) atoms. The average Bonchev–Trinajstić information content (AvgIpc) is 3.29. The third-order valence-electron chi connectivity index (χ3n) is 6.27. The van der Waals surface area contributed by atoms with Crippen molar-refractivity contribution in [1.29, 1.82) is 0 Å². The summed E-state index contributed by atoms with van der Waals surface area (Å²) in [5.74, 6) is 1.57. The number of methoxy groups -OCH3 is 2. The summed E-state index contributed by atoms with van der Waals surface area (Å²) in [6.45, 7) is 11.6. The van der Waals surface area contributed by atoms with Crippen molar-refractivity contribution >= 4 is 32.6 Å². The Kier molecular flexibility index (Phi) is 7.28. The second kappa shape index (κ2) is 10.2. The molecule has 0 radical (unpaired) electrons. The lowest BCUT2D eigenvalue weighted by Crippen LogP contribution is -2.48. The predicted molar refractivity (Wildman–Crippen MR) is 139 cm³/mol. The molecule has 1 aliphatic heterocycles. The molecule has 182 valence electrons. The van der Waals surface area contributed by atoms with E-state index in [1.807, 2.05) is 36.4 Å². The minimum absolute atomic E-state index is 0.0172. The SMILES string of the molecule is COc1ccc(OC)c2sc(N3CCN(CCNC(=O)c4ccc(C(C)(C)C)cc4)CC3)nc12. The molecule has 0 spiro atoms. The first-order valence-corrected chi connectivity index (χ1v) is 12.5. The van der Waals surface area contributed by atoms with Gasteiger partial charge in [0.05, 0.1) is 14.2 Å². The van der Waals surface area contributed by atoms with E-state index < -0.39 is 0 Å². The second-order valence-corrected chi connectivity index (χ2v) is 10.5. The lowest BCUT2D eigenvalue weighted by Gasteiger charge is -2.34. The first-order chi connectivity index (χ1) is 16.3. The number of hydrogen-bond acceptors (Lipinski definition) is 7. The highest BCUT2D eigenvalue weighted by molar-refractivity contribution is 7.22. The normalized spacial score (nSPS) is 14.9. The quantitative estimate of drug-likeness (QED) is 0.545. The Hall–Kier alpha value is -2.84. The van der Waals surface area contributed by atoms with Crippen molar-refractivity contribution in [3.05, 3.63) is 47.5 Å². The van der Waals surface area contributed by atoms with Gasteiger partial charge in [-0.15, -0.1) is 0 Å². The van der Waals surface area contributed by atoms with Crippen LogP contribution in [0.1, 0.15) is 36.7 Å². The molecule has 4 rings (SSSR count). The zero-order valence-corrected chi connectivity index (χ0v) is 21.5. The minimum atomic E-state index is -0.0172. The van der Waals surface area contributed by atoms with E-state index in [4.69, 9.17) is 14.5 Å². The third-order valence-corrected chi connectivity index (χ3v) is 7.40. The van der Waals surface area contributed by atoms with Gasteiger partial charge in [-0.25, -0.2) is 4.98 Å². The molecular formula is C26H34N4O3S. The molecule has 1 aromatic heterocycles. The number of aromatic nitrogens is 1. The highest BCUT2D eigenvalue weighted by Crippen LogP contribution is 2.40. The summed E-state index contributed by atoms with van der Waals surface area (Å²) in [6.07, 6.45) is 0. The molecule has 3 aromatic rings. The van der Waals surface area contributed by atoms with Crippen molar-refractivity contribution in [3.63, 3.8) is 0 Å². The molecule has 0 atom stereocenters. The van der Waals surface area contributed by atoms with Gasteiger partial charge in [-0.1, -0.05) is 44.2 Å². The zero-order chi connectivity index (χ0) is 24.3. The van der Waals surface area contributed by atoms with Gasteiger partial charge in [0.1, 0.15) is 21.7 Å². The molecule has 0 aliphatic carbocycles. The van der Waals surface area contributed by atoms with Gasteiger partial charge < -0.3 is 19.7 Å². The lowest BCUT2D eigenvalue weighted by molar-refractivity contribution is 0.0947. The Morgan fingerprint density at radius 2 is 1.65 bits per heavy atom. The number of carbonyl (C=O) groups excluding carboxylic acids is 1. The van der Waals surface area contributed by atoms with E-state index in [1.165, 1.54) is 5.56 Å². The summed E-state index contributed by atoms with van der Waals surface area (Å²) in [7, 11) is 3.35. The number of rotatable bonds is 7. The van der Waals surface area contributed by atoms with Gasteiger partial charge in [0.15, 0.2) is 5.13 Å². The maximum Gasteiger partial charge on any atom is 0.251 e. The number of amides is 1. The molecular weight excluding hydrogens is 448 g/mol. The summed E-state index contributed by atoms with van der Waals surface area (Å²) < 4.78 is 12.0. The monoisotopic (exact) mass is 482 g/mol. The van der Waals surface area contributed by atoms with Gasteiger partial charge in [0.2, 0.25) is 0 Å². The first kappa shape index (κ1) is 24.3. The first-order valence-electron chi connectivity index (χ1n) is 11.7. The van der Waals surface area contributed by atoms with Crippen molar-refractivity contribution in [2.45, 2.75) is 26.2 Å². The summed E-state index contributed by atoms with van der Waals surface area (Å²) in [5.41, 5.74) is 2.87. The van der Waals surface area contributed by atoms with Gasteiger partial charge in [-0.3, -0.25) is 9.69 Å². The van der Waals surface area contributed by atoms with E-state index in [9.17, 15) is 4.79 Å². The van der Waals surface area contributed by atoms with Crippen LogP contribution in [0, 0.1) is 0 Å². The molecule has 7 nitrogen and oxygen atoms in total. The number of ether oxygens (including phenoxy) is 2. The van der Waals surface area contributed by atoms with E-state index in [-0.39, 0.29) is 11.3 Å². The smallest absolute Gasteiger partial charge is 0.251 e. The standard InChI is InChI=1S/C26H34N4O3S/c1-26(2,3)19-8-6-18(7-9-19)24(31)27-12-13-29-14-16-30(17-15-29)25-28-22-20(32-4)10-11-21(33-5)23(22)34-25/h6-11H,12-17H2,1-5H3,(H,27,31). The number of fused-ring (bicyclic) bond motifs is 1. The Bertz CT molecular complexity index is 1090. The van der Waals surface area contributed by atoms with Crippen LogP contribution in [0.3, 0.4) is 0 Å². The highest BCUT2D eigenvalue weighted by Gasteiger charge is 2.22. The number of hydrogen-bond donors (Lipinski definition) is 1. The molecule has 1 aliphatic rings. The number of thiazole rings is 1. The molecule has 1 fully saturated rings. The highest BCUT2D eigenvalue weighted by atomic mass is 32.1. The Balaban J connectivity index is 1.28. The van der Waals surface area contributed by atoms with Crippen LogP contribution in [0.4, 0.5) is 5.13 Å². The zero-order valence-electron chi connectivity index (χ0n) is 20.7. The summed E-state index contributed by atoms with van der Waals surface area (Å²) in [4.78, 5) is 22.1. The minimum Gasteiger partial charge on any atom is -0.495 e. The van der Waals surface area contributed by atoms with Crippen LogP contribution in [-0.2, 0) is 5.41 Å². The predicted octanol–water partition coefficient (Wildman–Crippen LogP) is 4.16. The number of carbonyl (C=O) groups is 1. The maximum absolute atomic E-state index is 12.5. The molecule has 1 amide bonds. The number of anilines is 1. The fourth-order valence-corrected chi connectivity index (χ4v) is 5.25. The lowest BCUT2D eigenvalue weighted by atomic mass is 9.87. The number of nitrogens with one attached hydrogen (secondary N) is 1. The van der Waals surface area contributed by atoms with Crippen molar-refractivity contribution < 1.29 is 14.3 Å². The van der Waals surface area contributed by atoms with Gasteiger partial charge >= 0.3 is 0 Å². The van der Waals surface area contributed by atoms with Crippen LogP contribution >= 0.6 is 11.3 Å². The Labute approximate surface area is 205 Å². The Morgan fingerprint density at radius 1 is 1.00 bits per heavy atom. The van der Waals surface area contributed by atoms with Gasteiger partial charge in [0.25, 0.3) is 5.91 Å². The van der Waals surface area contributed by atoms with E-state index in [1.54, 1.807) is 25.6 Å². The van der Waals surface area contributed by atoms with Crippen LogP contribution in [0.2, 0.25) is 0 Å². The summed E-state index contributed by atoms with van der Waals surface area (Å²) in [5, 5.41) is 4.05. The largest absolute Gasteiger partial charge is 0.495 e. The fraction of sp³-hybridized carbons (Fsp3) is 0.462. The topological polar surface area (TPSA) is 66.9 Å². The third kappa shape index (κ3) is 5.28. The molecule has 2 aromatic carbocycles. The molecule has 0 bridgehead atoms. The molecule has 1 saturated heterocycles. The van der Waals surface area contributed by atoms with Gasteiger partial charge in [-0.05, 0) is 35.2 Å². The van der Waals surface area contributed by atoms with Crippen molar-refractivity contribution in [1.82, 2.24) is 15.2 Å². The van der Waals surface area contributed by atoms with Crippen molar-refractivity contribution in [3.8, 4) is 11.5 Å². The number of benzene rings is 2.